The van der Waals surface area contributed by atoms with Gasteiger partial charge in [-0.25, -0.2) is 0 Å². The smallest absolute Gasteiger partial charge is 0.241 e. The molecule has 0 saturated carbocycles. The van der Waals surface area contributed by atoms with Gasteiger partial charge in [-0.1, -0.05) is 0 Å². The maximum Gasteiger partial charge on any atom is 0.241 e. The average Bonchev–Trinajstić information content (AvgIpc) is 2.96. The summed E-state index contributed by atoms with van der Waals surface area (Å²) in [6.45, 7) is 2.94. The Morgan fingerprint density at radius 1 is 1.37 bits per heavy atom. The van der Waals surface area contributed by atoms with E-state index in [9.17, 15) is 4.79 Å². The molecule has 7 nitrogen and oxygen atoms in total. The van der Waals surface area contributed by atoms with E-state index in [1.807, 2.05) is 24.9 Å². The lowest BCUT2D eigenvalue weighted by Gasteiger charge is -2.03. The third-order valence-corrected chi connectivity index (χ3v) is 3.04. The summed E-state index contributed by atoms with van der Waals surface area (Å²) in [5.41, 5.74) is 3.15. The molecule has 0 saturated heterocycles. The summed E-state index contributed by atoms with van der Waals surface area (Å²) in [6.07, 6.45) is 5.35. The molecule has 0 aliphatic rings. The Balaban J connectivity index is 1.93. The Morgan fingerprint density at radius 2 is 2.16 bits per heavy atom. The fourth-order valence-electron chi connectivity index (χ4n) is 1.68. The van der Waals surface area contributed by atoms with Gasteiger partial charge in [-0.15, -0.1) is 0 Å². The van der Waals surface area contributed by atoms with Crippen LogP contribution >= 0.6 is 0 Å². The summed E-state index contributed by atoms with van der Waals surface area (Å²) in [4.78, 5) is 11.2. The van der Waals surface area contributed by atoms with Crippen LogP contribution in [0.15, 0.2) is 18.6 Å². The van der Waals surface area contributed by atoms with E-state index in [2.05, 4.69) is 20.8 Å². The minimum absolute atomic E-state index is 0.0715. The van der Waals surface area contributed by atoms with Crippen molar-refractivity contribution in [3.05, 3.63) is 29.8 Å². The molecule has 2 heterocycles. The predicted octanol–water partition coefficient (Wildman–Crippen LogP) is 0.283. The number of carbonyl (C=O) groups excluding carboxylic acids is 1. The van der Waals surface area contributed by atoms with E-state index in [1.165, 1.54) is 0 Å². The molecule has 0 radical (unpaired) electrons. The van der Waals surface area contributed by atoms with Crippen molar-refractivity contribution in [3.63, 3.8) is 0 Å². The first-order valence-electron chi connectivity index (χ1n) is 6.04. The second kappa shape index (κ2) is 5.55. The van der Waals surface area contributed by atoms with Gasteiger partial charge in [0.05, 0.1) is 18.1 Å². The van der Waals surface area contributed by atoms with Crippen LogP contribution in [0.5, 0.6) is 0 Å². The van der Waals surface area contributed by atoms with Crippen molar-refractivity contribution in [2.45, 2.75) is 20.0 Å². The standard InChI is InChI=1S/C12H18N6O/c1-9-10(5-15-17(9)3)4-14-11-6-16-18(7-11)8-12(19)13-2/h5-7,14H,4,8H2,1-3H3,(H,13,19). The number of hydrogen-bond acceptors (Lipinski definition) is 4. The molecular weight excluding hydrogens is 244 g/mol. The van der Waals surface area contributed by atoms with Crippen molar-refractivity contribution in [3.8, 4) is 0 Å². The molecule has 0 atom stereocenters. The van der Waals surface area contributed by atoms with Crippen molar-refractivity contribution in [1.29, 1.82) is 0 Å². The topological polar surface area (TPSA) is 76.8 Å². The maximum atomic E-state index is 11.2. The zero-order valence-corrected chi connectivity index (χ0v) is 11.3. The molecule has 2 rings (SSSR count). The van der Waals surface area contributed by atoms with E-state index in [0.29, 0.717) is 6.54 Å². The Morgan fingerprint density at radius 3 is 2.79 bits per heavy atom. The van der Waals surface area contributed by atoms with Gasteiger partial charge in [0.1, 0.15) is 6.54 Å². The zero-order chi connectivity index (χ0) is 13.8. The number of rotatable bonds is 5. The number of nitrogens with zero attached hydrogens (tertiary/aromatic N) is 4. The minimum atomic E-state index is -0.0715. The highest BCUT2D eigenvalue weighted by Gasteiger charge is 2.05. The average molecular weight is 262 g/mol. The van der Waals surface area contributed by atoms with Crippen LogP contribution in [0.1, 0.15) is 11.3 Å². The number of carbonyl (C=O) groups is 1. The number of hydrogen-bond donors (Lipinski definition) is 2. The van der Waals surface area contributed by atoms with Gasteiger partial charge in [0, 0.05) is 38.1 Å². The third kappa shape index (κ3) is 3.12. The summed E-state index contributed by atoms with van der Waals surface area (Å²) >= 11 is 0. The molecule has 19 heavy (non-hydrogen) atoms. The summed E-state index contributed by atoms with van der Waals surface area (Å²) in [5, 5.41) is 14.1. The molecule has 0 fully saturated rings. The first-order valence-corrected chi connectivity index (χ1v) is 6.04. The van der Waals surface area contributed by atoms with Crippen LogP contribution in [-0.2, 0) is 24.9 Å². The van der Waals surface area contributed by atoms with Crippen LogP contribution in [0.2, 0.25) is 0 Å². The molecule has 102 valence electrons. The molecule has 0 aromatic carbocycles. The van der Waals surface area contributed by atoms with Gasteiger partial charge in [-0.3, -0.25) is 14.2 Å². The van der Waals surface area contributed by atoms with Crippen molar-refractivity contribution in [1.82, 2.24) is 24.9 Å². The summed E-state index contributed by atoms with van der Waals surface area (Å²) < 4.78 is 3.43. The Labute approximate surface area is 111 Å². The van der Waals surface area contributed by atoms with Crippen LogP contribution < -0.4 is 10.6 Å². The number of likely N-dealkylation sites (N-methyl/N-ethyl adjacent to an activating group) is 1. The molecule has 2 aromatic rings. The number of aryl methyl sites for hydroxylation is 1. The van der Waals surface area contributed by atoms with Crippen LogP contribution in [0.3, 0.4) is 0 Å². The summed E-state index contributed by atoms with van der Waals surface area (Å²) in [7, 11) is 3.52. The largest absolute Gasteiger partial charge is 0.378 e. The highest BCUT2D eigenvalue weighted by molar-refractivity contribution is 5.75. The maximum absolute atomic E-state index is 11.2. The highest BCUT2D eigenvalue weighted by Crippen LogP contribution is 2.10. The van der Waals surface area contributed by atoms with Crippen LogP contribution in [0, 0.1) is 6.92 Å². The summed E-state index contributed by atoms with van der Waals surface area (Å²) in [6, 6.07) is 0. The third-order valence-electron chi connectivity index (χ3n) is 3.04. The Bertz CT molecular complexity index is 571. The lowest BCUT2D eigenvalue weighted by Crippen LogP contribution is -2.23. The van der Waals surface area contributed by atoms with E-state index in [4.69, 9.17) is 0 Å². The van der Waals surface area contributed by atoms with E-state index in [-0.39, 0.29) is 12.5 Å². The number of aromatic nitrogens is 4. The van der Waals surface area contributed by atoms with Gasteiger partial charge in [-0.2, -0.15) is 10.2 Å². The van der Waals surface area contributed by atoms with E-state index >= 15 is 0 Å². The van der Waals surface area contributed by atoms with Crippen LogP contribution in [0.25, 0.3) is 0 Å². The van der Waals surface area contributed by atoms with E-state index < -0.39 is 0 Å². The predicted molar refractivity (Wildman–Crippen MR) is 71.6 cm³/mol. The van der Waals surface area contributed by atoms with Gasteiger partial charge in [0.15, 0.2) is 0 Å². The fourth-order valence-corrected chi connectivity index (χ4v) is 1.68. The molecule has 2 N–H and O–H groups in total. The van der Waals surface area contributed by atoms with E-state index in [0.717, 1.165) is 16.9 Å². The van der Waals surface area contributed by atoms with Gasteiger partial charge >= 0.3 is 0 Å². The quantitative estimate of drug-likeness (QED) is 0.811. The van der Waals surface area contributed by atoms with Crippen molar-refractivity contribution in [2.24, 2.45) is 7.05 Å². The van der Waals surface area contributed by atoms with Crippen molar-refractivity contribution < 1.29 is 4.79 Å². The minimum Gasteiger partial charge on any atom is -0.378 e. The second-order valence-corrected chi connectivity index (χ2v) is 4.33. The lowest BCUT2D eigenvalue weighted by molar-refractivity contribution is -0.121. The second-order valence-electron chi connectivity index (χ2n) is 4.33. The molecule has 0 aliphatic carbocycles. The lowest BCUT2D eigenvalue weighted by atomic mass is 10.2. The molecule has 0 unspecified atom stereocenters. The monoisotopic (exact) mass is 262 g/mol. The molecule has 0 aliphatic heterocycles. The number of nitrogens with one attached hydrogen (secondary N) is 2. The fraction of sp³-hybridized carbons (Fsp3) is 0.417. The number of amides is 1. The molecular formula is C12H18N6O. The Hall–Kier alpha value is -2.31. The molecule has 2 aromatic heterocycles. The first kappa shape index (κ1) is 13.1. The Kier molecular flexibility index (Phi) is 3.84. The van der Waals surface area contributed by atoms with E-state index in [1.54, 1.807) is 24.1 Å². The summed E-state index contributed by atoms with van der Waals surface area (Å²) in [5.74, 6) is -0.0715. The highest BCUT2D eigenvalue weighted by atomic mass is 16.1. The molecule has 0 spiro atoms. The molecule has 7 heteroatoms. The van der Waals surface area contributed by atoms with Crippen molar-refractivity contribution >= 4 is 11.6 Å². The van der Waals surface area contributed by atoms with Crippen LogP contribution in [0.4, 0.5) is 5.69 Å². The first-order chi connectivity index (χ1) is 9.10. The van der Waals surface area contributed by atoms with Gasteiger partial charge < -0.3 is 10.6 Å². The van der Waals surface area contributed by atoms with Crippen molar-refractivity contribution in [2.75, 3.05) is 12.4 Å². The van der Waals surface area contributed by atoms with Crippen LogP contribution in [-0.4, -0.2) is 32.5 Å². The van der Waals surface area contributed by atoms with Gasteiger partial charge in [0.25, 0.3) is 0 Å². The van der Waals surface area contributed by atoms with Gasteiger partial charge in [0.2, 0.25) is 5.91 Å². The normalized spacial score (nSPS) is 10.5. The zero-order valence-electron chi connectivity index (χ0n) is 11.3. The SMILES string of the molecule is CNC(=O)Cn1cc(NCc2cnn(C)c2C)cn1. The van der Waals surface area contributed by atoms with Gasteiger partial charge in [-0.05, 0) is 6.92 Å². The molecule has 0 bridgehead atoms. The number of anilines is 1. The molecule has 1 amide bonds.